The van der Waals surface area contributed by atoms with Gasteiger partial charge in [0.05, 0.1) is 12.7 Å². The van der Waals surface area contributed by atoms with Crippen molar-refractivity contribution in [3.63, 3.8) is 0 Å². The Morgan fingerprint density at radius 3 is 2.59 bits per heavy atom. The summed E-state index contributed by atoms with van der Waals surface area (Å²) in [6.07, 6.45) is -2.26. The summed E-state index contributed by atoms with van der Waals surface area (Å²) in [5, 5.41) is 14.8. The van der Waals surface area contributed by atoms with E-state index in [1.54, 1.807) is 6.08 Å². The Balaban J connectivity index is 1.24. The van der Waals surface area contributed by atoms with E-state index in [0.29, 0.717) is 36.8 Å². The lowest BCUT2D eigenvalue weighted by molar-refractivity contribution is -0.212. The Hall–Kier alpha value is -4.23. The van der Waals surface area contributed by atoms with Crippen LogP contribution in [0.15, 0.2) is 65.1 Å². The molecule has 4 heterocycles. The summed E-state index contributed by atoms with van der Waals surface area (Å²) in [6.45, 7) is 3.33. The lowest BCUT2D eigenvalue weighted by Crippen LogP contribution is -2.47. The molecule has 1 saturated heterocycles. The fourth-order valence-electron chi connectivity index (χ4n) is 5.88. The quantitative estimate of drug-likeness (QED) is 0.260. The van der Waals surface area contributed by atoms with Gasteiger partial charge in [-0.15, -0.1) is 5.10 Å². The topological polar surface area (TPSA) is 105 Å². The second-order valence-corrected chi connectivity index (χ2v) is 12.2. The molecule has 0 radical (unpaired) electrons. The van der Waals surface area contributed by atoms with Crippen molar-refractivity contribution in [2.24, 2.45) is 0 Å². The van der Waals surface area contributed by atoms with E-state index in [9.17, 15) is 18.0 Å². The summed E-state index contributed by atoms with van der Waals surface area (Å²) in [5.41, 5.74) is 1.50. The molecule has 2 fully saturated rings. The van der Waals surface area contributed by atoms with Crippen LogP contribution in [0.1, 0.15) is 42.3 Å². The monoisotopic (exact) mass is 622 g/mol. The normalized spacial score (nSPS) is 21.5. The number of fused-ring (bicyclic) bond motifs is 1. The fourth-order valence-corrected chi connectivity index (χ4v) is 7.24. The molecular weight excluding hydrogens is 593 g/mol. The maximum Gasteiger partial charge on any atom is 0.400 e. The number of amides is 1. The van der Waals surface area contributed by atoms with Crippen LogP contribution in [0.4, 0.5) is 29.9 Å². The summed E-state index contributed by atoms with van der Waals surface area (Å²) in [5.74, 6) is -0.357. The van der Waals surface area contributed by atoms with Gasteiger partial charge in [0, 0.05) is 24.3 Å². The highest BCUT2D eigenvalue weighted by molar-refractivity contribution is 7.16. The second kappa shape index (κ2) is 11.0. The molecule has 2 aromatic carbocycles. The zero-order valence-corrected chi connectivity index (χ0v) is 24.5. The zero-order chi connectivity index (χ0) is 30.5. The number of aromatic nitrogens is 3. The highest BCUT2D eigenvalue weighted by Crippen LogP contribution is 2.57. The SMILES string of the molecule is C[C@H]1CN(c2sc(C3(C(F)(F)F)CCC3)nc2-c2nnc(N[C@H]3C=C(c4ccccc4)c4ccccc4NC3=O)o2)CCO1. The molecule has 2 aliphatic heterocycles. The third-order valence-electron chi connectivity index (χ3n) is 8.38. The number of hydrogen-bond acceptors (Lipinski definition) is 9. The Morgan fingerprint density at radius 2 is 1.86 bits per heavy atom. The largest absolute Gasteiger partial charge is 0.402 e. The number of thiazole rings is 1. The lowest BCUT2D eigenvalue weighted by atomic mass is 9.68. The molecule has 44 heavy (non-hydrogen) atoms. The average Bonchev–Trinajstić information content (AvgIpc) is 3.59. The van der Waals surface area contributed by atoms with E-state index in [2.05, 4.69) is 25.8 Å². The summed E-state index contributed by atoms with van der Waals surface area (Å²) in [7, 11) is 0. The molecule has 2 aromatic heterocycles. The van der Waals surface area contributed by atoms with Gasteiger partial charge in [-0.25, -0.2) is 4.98 Å². The third kappa shape index (κ3) is 5.03. The van der Waals surface area contributed by atoms with E-state index in [0.717, 1.165) is 28.0 Å². The highest BCUT2D eigenvalue weighted by atomic mass is 32.1. The summed E-state index contributed by atoms with van der Waals surface area (Å²) in [6, 6.07) is 16.3. The van der Waals surface area contributed by atoms with E-state index in [1.165, 1.54) is 0 Å². The Bertz CT molecular complexity index is 1720. The molecule has 7 rings (SSSR count). The molecule has 0 spiro atoms. The maximum absolute atomic E-state index is 14.3. The number of anilines is 3. The van der Waals surface area contributed by atoms with Crippen molar-refractivity contribution in [3.8, 4) is 11.6 Å². The number of para-hydroxylation sites is 1. The van der Waals surface area contributed by atoms with Gasteiger partial charge >= 0.3 is 12.2 Å². The number of carbonyl (C=O) groups excluding carboxylic acids is 1. The van der Waals surface area contributed by atoms with Crippen LogP contribution >= 0.6 is 11.3 Å². The second-order valence-electron chi connectivity index (χ2n) is 11.2. The van der Waals surface area contributed by atoms with Crippen LogP contribution in [-0.4, -0.2) is 59.1 Å². The number of alkyl halides is 3. The van der Waals surface area contributed by atoms with Crippen LogP contribution in [-0.2, 0) is 14.9 Å². The molecule has 2 atom stereocenters. The number of nitrogens with one attached hydrogen (secondary N) is 2. The molecule has 0 bridgehead atoms. The summed E-state index contributed by atoms with van der Waals surface area (Å²) in [4.78, 5) is 19.8. The predicted molar refractivity (Wildman–Crippen MR) is 161 cm³/mol. The Labute approximate surface area is 255 Å². The molecule has 3 aliphatic rings. The van der Waals surface area contributed by atoms with Crippen molar-refractivity contribution >= 4 is 39.5 Å². The van der Waals surface area contributed by atoms with E-state index in [-0.39, 0.29) is 47.5 Å². The first-order chi connectivity index (χ1) is 21.2. The molecular formula is C31H29F3N6O3S. The highest BCUT2D eigenvalue weighted by Gasteiger charge is 2.61. The number of carbonyl (C=O) groups is 1. The zero-order valence-electron chi connectivity index (χ0n) is 23.7. The first kappa shape index (κ1) is 28.5. The van der Waals surface area contributed by atoms with E-state index in [4.69, 9.17) is 9.15 Å². The average molecular weight is 623 g/mol. The number of benzene rings is 2. The predicted octanol–water partition coefficient (Wildman–Crippen LogP) is 6.27. The molecule has 1 amide bonds. The lowest BCUT2D eigenvalue weighted by Gasteiger charge is -2.41. The maximum atomic E-state index is 14.3. The van der Waals surface area contributed by atoms with Gasteiger partial charge in [-0.1, -0.05) is 71.4 Å². The molecule has 1 saturated carbocycles. The van der Waals surface area contributed by atoms with Crippen LogP contribution in [0, 0.1) is 0 Å². The first-order valence-corrected chi connectivity index (χ1v) is 15.3. The number of rotatable bonds is 6. The Kier molecular flexibility index (Phi) is 7.16. The molecule has 0 unspecified atom stereocenters. The van der Waals surface area contributed by atoms with E-state index >= 15 is 0 Å². The number of hydrogen-bond donors (Lipinski definition) is 2. The first-order valence-electron chi connectivity index (χ1n) is 14.4. The van der Waals surface area contributed by atoms with Crippen molar-refractivity contribution in [1.82, 2.24) is 15.2 Å². The minimum absolute atomic E-state index is 0.00412. The number of halogens is 3. The van der Waals surface area contributed by atoms with Crippen LogP contribution in [0.2, 0.25) is 0 Å². The minimum atomic E-state index is -4.43. The van der Waals surface area contributed by atoms with Crippen molar-refractivity contribution < 1.29 is 27.1 Å². The number of nitrogens with zero attached hydrogens (tertiary/aromatic N) is 4. The fraction of sp³-hybridized carbons (Fsp3) is 0.355. The molecule has 13 heteroatoms. The summed E-state index contributed by atoms with van der Waals surface area (Å²) >= 11 is 1.03. The Morgan fingerprint density at radius 1 is 1.09 bits per heavy atom. The molecule has 1 aliphatic carbocycles. The molecule has 9 nitrogen and oxygen atoms in total. The minimum Gasteiger partial charge on any atom is -0.402 e. The van der Waals surface area contributed by atoms with Gasteiger partial charge in [-0.3, -0.25) is 4.79 Å². The van der Waals surface area contributed by atoms with Crippen molar-refractivity contribution in [2.75, 3.05) is 35.2 Å². The van der Waals surface area contributed by atoms with Crippen molar-refractivity contribution in [2.45, 2.75) is 49.9 Å². The third-order valence-corrected chi connectivity index (χ3v) is 9.70. The van der Waals surface area contributed by atoms with Gasteiger partial charge < -0.3 is 24.7 Å². The van der Waals surface area contributed by atoms with Crippen molar-refractivity contribution in [1.29, 1.82) is 0 Å². The van der Waals surface area contributed by atoms with Gasteiger partial charge in [0.25, 0.3) is 11.8 Å². The van der Waals surface area contributed by atoms with Gasteiger partial charge in [-0.05, 0) is 43.0 Å². The molecule has 228 valence electrons. The summed E-state index contributed by atoms with van der Waals surface area (Å²) < 4.78 is 54.5. The van der Waals surface area contributed by atoms with E-state index < -0.39 is 17.6 Å². The molecule has 4 aromatic rings. The standard InChI is InChI=1S/C31H29F3N6O3S/c1-18-17-40(14-15-42-18)27-24(37-28(44-27)30(12-7-13-30)31(32,33)34)26-38-39-29(43-26)36-23-16-21(19-8-3-2-4-9-19)20-10-5-6-11-22(20)35-25(23)41/h2-6,8-11,16,18,23H,7,12-15,17H2,1H3,(H,35,41)(H,36,39)/t18-,23-/m0/s1. The van der Waals surface area contributed by atoms with Crippen LogP contribution in [0.3, 0.4) is 0 Å². The van der Waals surface area contributed by atoms with Gasteiger partial charge in [-0.2, -0.15) is 13.2 Å². The smallest absolute Gasteiger partial charge is 0.400 e. The van der Waals surface area contributed by atoms with Crippen LogP contribution in [0.5, 0.6) is 0 Å². The number of ether oxygens (including phenoxy) is 1. The molecule has 2 N–H and O–H groups in total. The van der Waals surface area contributed by atoms with Crippen LogP contribution < -0.4 is 15.5 Å². The van der Waals surface area contributed by atoms with Gasteiger partial charge in [0.15, 0.2) is 5.69 Å². The van der Waals surface area contributed by atoms with Gasteiger partial charge in [0.1, 0.15) is 21.5 Å². The number of morpholine rings is 1. The van der Waals surface area contributed by atoms with Crippen LogP contribution in [0.25, 0.3) is 17.2 Å². The van der Waals surface area contributed by atoms with E-state index in [1.807, 2.05) is 66.4 Å². The van der Waals surface area contributed by atoms with Crippen molar-refractivity contribution in [3.05, 3.63) is 76.8 Å². The van der Waals surface area contributed by atoms with Gasteiger partial charge in [0.2, 0.25) is 0 Å².